The zero-order chi connectivity index (χ0) is 19.3. The van der Waals surface area contributed by atoms with E-state index in [0.717, 1.165) is 96.7 Å². The van der Waals surface area contributed by atoms with Crippen molar-refractivity contribution in [3.8, 4) is 0 Å². The minimum Gasteiger partial charge on any atom is -0.633 e. The summed E-state index contributed by atoms with van der Waals surface area (Å²) in [6.45, 7) is 8.91. The van der Waals surface area contributed by atoms with E-state index in [9.17, 15) is 5.21 Å². The van der Waals surface area contributed by atoms with Gasteiger partial charge in [0.25, 0.3) is 0 Å². The van der Waals surface area contributed by atoms with Gasteiger partial charge in [-0.1, -0.05) is 57.2 Å². The Labute approximate surface area is 164 Å². The van der Waals surface area contributed by atoms with Gasteiger partial charge in [-0.05, 0) is 77.0 Å². The lowest BCUT2D eigenvalue weighted by Crippen LogP contribution is -2.44. The van der Waals surface area contributed by atoms with Crippen LogP contribution in [0.4, 0.5) is 0 Å². The molecule has 0 aromatic rings. The van der Waals surface area contributed by atoms with Crippen LogP contribution >= 0.6 is 0 Å². The third-order valence-electron chi connectivity index (χ3n) is 4.77. The predicted octanol–water partition coefficient (Wildman–Crippen LogP) is 7.71. The topological polar surface area (TPSA) is 23.1 Å². The second-order valence-electron chi connectivity index (χ2n) is 7.36. The fourth-order valence-corrected chi connectivity index (χ4v) is 3.18. The minimum absolute atomic E-state index is 0.0342. The Morgan fingerprint density at radius 3 is 1.08 bits per heavy atom. The van der Waals surface area contributed by atoms with Gasteiger partial charge < -0.3 is 9.85 Å². The van der Waals surface area contributed by atoms with Crippen LogP contribution in [-0.2, 0) is 0 Å². The molecule has 0 N–H and O–H groups in total. The van der Waals surface area contributed by atoms with Crippen LogP contribution in [0, 0.1) is 5.21 Å². The summed E-state index contributed by atoms with van der Waals surface area (Å²) >= 11 is 0. The van der Waals surface area contributed by atoms with E-state index in [0.29, 0.717) is 0 Å². The molecule has 0 amide bonds. The average molecular weight is 364 g/mol. The monoisotopic (exact) mass is 363 g/mol. The number of hydrogen-bond acceptors (Lipinski definition) is 1. The van der Waals surface area contributed by atoms with E-state index in [1.807, 2.05) is 0 Å². The summed E-state index contributed by atoms with van der Waals surface area (Å²) in [7, 11) is 0. The maximum atomic E-state index is 13.3. The highest BCUT2D eigenvalue weighted by Gasteiger charge is 2.15. The molecule has 2 heteroatoms. The van der Waals surface area contributed by atoms with Crippen LogP contribution in [0.3, 0.4) is 0 Å². The van der Waals surface area contributed by atoms with E-state index >= 15 is 0 Å². The quantitative estimate of drug-likeness (QED) is 0.106. The SMILES string of the molecule is CC/C=C/CCCC[N+]([O-])(CCCC/C=C/CC)CCCC/C=C/CC. The van der Waals surface area contributed by atoms with E-state index in [4.69, 9.17) is 0 Å². The van der Waals surface area contributed by atoms with Crippen LogP contribution in [0.5, 0.6) is 0 Å². The molecule has 0 unspecified atom stereocenters. The third-order valence-corrected chi connectivity index (χ3v) is 4.77. The first-order valence-corrected chi connectivity index (χ1v) is 11.2. The smallest absolute Gasteiger partial charge is 0.0784 e. The van der Waals surface area contributed by atoms with Gasteiger partial charge in [0, 0.05) is 0 Å². The highest BCUT2D eigenvalue weighted by atomic mass is 16.5. The molecular formula is C24H45NO. The number of nitrogens with zero attached hydrogens (tertiary/aromatic N) is 1. The molecule has 0 aliphatic rings. The highest BCUT2D eigenvalue weighted by Crippen LogP contribution is 2.15. The second kappa shape index (κ2) is 18.9. The van der Waals surface area contributed by atoms with Gasteiger partial charge in [0.2, 0.25) is 0 Å². The Bertz CT molecular complexity index is 315. The molecule has 0 saturated heterocycles. The van der Waals surface area contributed by atoms with Gasteiger partial charge in [-0.2, -0.15) is 0 Å². The molecule has 0 saturated carbocycles. The second-order valence-corrected chi connectivity index (χ2v) is 7.36. The normalized spacial score (nSPS) is 12.9. The Morgan fingerprint density at radius 2 is 0.808 bits per heavy atom. The largest absolute Gasteiger partial charge is 0.633 e. The standard InChI is InChI=1S/C24H45NO/c1-4-7-10-13-16-19-22-25(26,23-20-17-14-11-8-5-2)24-21-18-15-12-9-6-3/h7-12H,4-6,13-24H2,1-3H3/b10-7+,11-8+,12-9+. The lowest BCUT2D eigenvalue weighted by molar-refractivity contribution is -0.881. The molecule has 0 aromatic carbocycles. The molecule has 0 aromatic heterocycles. The van der Waals surface area contributed by atoms with E-state index in [1.165, 1.54) is 0 Å². The van der Waals surface area contributed by atoms with Crippen molar-refractivity contribution in [1.29, 1.82) is 0 Å². The molecule has 2 nitrogen and oxygen atoms in total. The van der Waals surface area contributed by atoms with Gasteiger partial charge in [0.05, 0.1) is 19.6 Å². The van der Waals surface area contributed by atoms with E-state index in [2.05, 4.69) is 57.2 Å². The summed E-state index contributed by atoms with van der Waals surface area (Å²) in [5, 5.41) is 13.3. The maximum absolute atomic E-state index is 13.3. The number of allylic oxidation sites excluding steroid dienone is 6. The number of quaternary nitrogens is 1. The molecule has 0 spiro atoms. The fraction of sp³-hybridized carbons (Fsp3) is 0.750. The molecule has 0 atom stereocenters. The Morgan fingerprint density at radius 1 is 0.500 bits per heavy atom. The van der Waals surface area contributed by atoms with Gasteiger partial charge in [0.15, 0.2) is 0 Å². The lowest BCUT2D eigenvalue weighted by Gasteiger charge is -2.43. The minimum atomic E-state index is 0.0342. The molecule has 0 rings (SSSR count). The van der Waals surface area contributed by atoms with Gasteiger partial charge in [-0.3, -0.25) is 0 Å². The maximum Gasteiger partial charge on any atom is 0.0784 e. The Kier molecular flexibility index (Phi) is 18.3. The van der Waals surface area contributed by atoms with Crippen LogP contribution in [0.25, 0.3) is 0 Å². The molecule has 152 valence electrons. The Balaban J connectivity index is 4.19. The van der Waals surface area contributed by atoms with Gasteiger partial charge in [-0.15, -0.1) is 0 Å². The van der Waals surface area contributed by atoms with Crippen molar-refractivity contribution in [1.82, 2.24) is 0 Å². The van der Waals surface area contributed by atoms with Crippen molar-refractivity contribution in [2.45, 2.75) is 97.8 Å². The highest BCUT2D eigenvalue weighted by molar-refractivity contribution is 4.81. The lowest BCUT2D eigenvalue weighted by atomic mass is 10.1. The molecule has 0 fully saturated rings. The van der Waals surface area contributed by atoms with Crippen LogP contribution in [0.2, 0.25) is 0 Å². The third kappa shape index (κ3) is 16.6. The summed E-state index contributed by atoms with van der Waals surface area (Å²) in [5.74, 6) is 0. The summed E-state index contributed by atoms with van der Waals surface area (Å²) in [6.07, 6.45) is 26.8. The van der Waals surface area contributed by atoms with Crippen LogP contribution in [-0.4, -0.2) is 24.3 Å². The molecule has 0 heterocycles. The van der Waals surface area contributed by atoms with Gasteiger partial charge >= 0.3 is 0 Å². The zero-order valence-electron chi connectivity index (χ0n) is 17.9. The predicted molar refractivity (Wildman–Crippen MR) is 118 cm³/mol. The van der Waals surface area contributed by atoms with E-state index in [-0.39, 0.29) is 4.65 Å². The zero-order valence-corrected chi connectivity index (χ0v) is 17.9. The van der Waals surface area contributed by atoms with Crippen molar-refractivity contribution in [2.75, 3.05) is 19.6 Å². The molecule has 0 bridgehead atoms. The number of hydroxylamine groups is 3. The molecule has 0 aliphatic heterocycles. The summed E-state index contributed by atoms with van der Waals surface area (Å²) in [6, 6.07) is 0. The first kappa shape index (κ1) is 25.1. The summed E-state index contributed by atoms with van der Waals surface area (Å²) in [5.41, 5.74) is 0. The number of unbranched alkanes of at least 4 members (excludes halogenated alkanes) is 6. The molecule has 0 radical (unpaired) electrons. The Hall–Kier alpha value is -0.860. The van der Waals surface area contributed by atoms with E-state index in [1.54, 1.807) is 0 Å². The van der Waals surface area contributed by atoms with Crippen molar-refractivity contribution in [2.24, 2.45) is 0 Å². The summed E-state index contributed by atoms with van der Waals surface area (Å²) < 4.78 is 0.0342. The number of hydrogen-bond donors (Lipinski definition) is 0. The molecule has 0 aliphatic carbocycles. The molecule has 26 heavy (non-hydrogen) atoms. The molecular weight excluding hydrogens is 318 g/mol. The van der Waals surface area contributed by atoms with Gasteiger partial charge in [-0.25, -0.2) is 0 Å². The van der Waals surface area contributed by atoms with Crippen LogP contribution in [0.1, 0.15) is 97.8 Å². The summed E-state index contributed by atoms with van der Waals surface area (Å²) in [4.78, 5) is 0. The first-order chi connectivity index (χ1) is 12.7. The van der Waals surface area contributed by atoms with Crippen molar-refractivity contribution in [3.63, 3.8) is 0 Å². The van der Waals surface area contributed by atoms with Crippen LogP contribution < -0.4 is 0 Å². The van der Waals surface area contributed by atoms with Crippen molar-refractivity contribution >= 4 is 0 Å². The first-order valence-electron chi connectivity index (χ1n) is 11.2. The fourth-order valence-electron chi connectivity index (χ4n) is 3.18. The van der Waals surface area contributed by atoms with E-state index < -0.39 is 0 Å². The van der Waals surface area contributed by atoms with Crippen molar-refractivity contribution < 1.29 is 4.65 Å². The van der Waals surface area contributed by atoms with Crippen molar-refractivity contribution in [3.05, 3.63) is 41.7 Å². The van der Waals surface area contributed by atoms with Gasteiger partial charge in [0.1, 0.15) is 0 Å². The number of rotatable bonds is 18. The van der Waals surface area contributed by atoms with Crippen LogP contribution in [0.15, 0.2) is 36.5 Å². The average Bonchev–Trinajstić information content (AvgIpc) is 2.64.